The van der Waals surface area contributed by atoms with Gasteiger partial charge >= 0.3 is 0 Å². The normalized spacial score (nSPS) is 11.6. The first-order valence-corrected chi connectivity index (χ1v) is 7.97. The summed E-state index contributed by atoms with van der Waals surface area (Å²) in [7, 11) is -2.01. The Balaban J connectivity index is 2.49. The fraction of sp³-hybridized carbons (Fsp3) is 0.286. The fourth-order valence-corrected chi connectivity index (χ4v) is 3.73. The molecule has 0 saturated carbocycles. The van der Waals surface area contributed by atoms with Gasteiger partial charge in [-0.2, -0.15) is 0 Å². The minimum Gasteiger partial charge on any atom is -0.352 e. The minimum atomic E-state index is -3.74. The highest BCUT2D eigenvalue weighted by Gasteiger charge is 2.25. The van der Waals surface area contributed by atoms with Crippen LogP contribution in [0.5, 0.6) is 0 Å². The Morgan fingerprint density at radius 2 is 2.05 bits per heavy atom. The molecular weight excluding hydrogens is 293 g/mol. The summed E-state index contributed by atoms with van der Waals surface area (Å²) in [6.07, 6.45) is 1.51. The Morgan fingerprint density at radius 1 is 1.33 bits per heavy atom. The number of aromatic nitrogens is 1. The second-order valence-electron chi connectivity index (χ2n) is 4.63. The first kappa shape index (κ1) is 15.5. The molecule has 0 bridgehead atoms. The van der Waals surface area contributed by atoms with Crippen LogP contribution in [0, 0.1) is 5.82 Å². The summed E-state index contributed by atoms with van der Waals surface area (Å²) < 4.78 is 41.6. The quantitative estimate of drug-likeness (QED) is 0.916. The van der Waals surface area contributed by atoms with Gasteiger partial charge < -0.3 is 10.3 Å². The van der Waals surface area contributed by atoms with Gasteiger partial charge in [-0.3, -0.25) is 4.31 Å². The lowest BCUT2D eigenvalue weighted by atomic mass is 10.3. The SMILES string of the molecule is CCN(c1cccc(F)c1)S(=O)(=O)c1cc(CN)n(C)c1. The number of hydrogen-bond donors (Lipinski definition) is 1. The van der Waals surface area contributed by atoms with Crippen molar-refractivity contribution in [2.75, 3.05) is 10.8 Å². The highest BCUT2D eigenvalue weighted by atomic mass is 32.2. The van der Waals surface area contributed by atoms with Gasteiger partial charge in [-0.15, -0.1) is 0 Å². The summed E-state index contributed by atoms with van der Waals surface area (Å²) in [6, 6.07) is 7.07. The van der Waals surface area contributed by atoms with Gasteiger partial charge in [0.25, 0.3) is 10.0 Å². The summed E-state index contributed by atoms with van der Waals surface area (Å²) >= 11 is 0. The molecule has 1 aromatic carbocycles. The zero-order valence-corrected chi connectivity index (χ0v) is 12.8. The lowest BCUT2D eigenvalue weighted by Crippen LogP contribution is -2.30. The van der Waals surface area contributed by atoms with E-state index in [0.29, 0.717) is 11.4 Å². The van der Waals surface area contributed by atoms with Crippen molar-refractivity contribution in [3.05, 3.63) is 48.0 Å². The molecule has 0 spiro atoms. The molecule has 2 N–H and O–H groups in total. The van der Waals surface area contributed by atoms with Crippen LogP contribution in [-0.2, 0) is 23.6 Å². The monoisotopic (exact) mass is 311 g/mol. The third-order valence-corrected chi connectivity index (χ3v) is 5.13. The molecule has 0 amide bonds. The topological polar surface area (TPSA) is 68.3 Å². The Bertz CT molecular complexity index is 740. The van der Waals surface area contributed by atoms with E-state index in [-0.39, 0.29) is 18.0 Å². The molecule has 0 aliphatic rings. The average Bonchev–Trinajstić information content (AvgIpc) is 2.81. The van der Waals surface area contributed by atoms with Gasteiger partial charge in [-0.25, -0.2) is 12.8 Å². The molecule has 1 aromatic heterocycles. The highest BCUT2D eigenvalue weighted by molar-refractivity contribution is 7.92. The maximum Gasteiger partial charge on any atom is 0.265 e. The molecule has 0 aliphatic carbocycles. The summed E-state index contributed by atoms with van der Waals surface area (Å²) in [5.74, 6) is -0.475. The number of sulfonamides is 1. The van der Waals surface area contributed by atoms with Crippen molar-refractivity contribution in [1.82, 2.24) is 4.57 Å². The molecule has 21 heavy (non-hydrogen) atoms. The van der Waals surface area contributed by atoms with Crippen molar-refractivity contribution in [2.45, 2.75) is 18.4 Å². The molecule has 7 heteroatoms. The molecule has 0 aliphatic heterocycles. The average molecular weight is 311 g/mol. The maximum absolute atomic E-state index is 13.3. The van der Waals surface area contributed by atoms with E-state index >= 15 is 0 Å². The predicted octanol–water partition coefficient (Wildman–Crippen LogP) is 1.84. The van der Waals surface area contributed by atoms with Crippen molar-refractivity contribution in [2.24, 2.45) is 12.8 Å². The van der Waals surface area contributed by atoms with Crippen molar-refractivity contribution in [3.63, 3.8) is 0 Å². The molecule has 0 fully saturated rings. The van der Waals surface area contributed by atoms with Crippen molar-refractivity contribution >= 4 is 15.7 Å². The molecular formula is C14H18FN3O2S. The maximum atomic E-state index is 13.3. The first-order chi connectivity index (χ1) is 9.90. The second kappa shape index (κ2) is 5.87. The molecule has 114 valence electrons. The summed E-state index contributed by atoms with van der Waals surface area (Å²) in [4.78, 5) is 0.150. The lowest BCUT2D eigenvalue weighted by Gasteiger charge is -2.22. The number of hydrogen-bond acceptors (Lipinski definition) is 3. The number of aryl methyl sites for hydroxylation is 1. The summed E-state index contributed by atoms with van der Waals surface area (Å²) in [5.41, 5.74) is 6.58. The lowest BCUT2D eigenvalue weighted by molar-refractivity contribution is 0.591. The van der Waals surface area contributed by atoms with Crippen molar-refractivity contribution < 1.29 is 12.8 Å². The number of nitrogens with two attached hydrogens (primary N) is 1. The van der Waals surface area contributed by atoms with Crippen LogP contribution >= 0.6 is 0 Å². The van der Waals surface area contributed by atoms with Crippen LogP contribution in [0.2, 0.25) is 0 Å². The highest BCUT2D eigenvalue weighted by Crippen LogP contribution is 2.25. The number of anilines is 1. The molecule has 2 rings (SSSR count). The number of benzene rings is 1. The van der Waals surface area contributed by atoms with Gasteiger partial charge in [-0.05, 0) is 31.2 Å². The Labute approximate surface area is 123 Å². The molecule has 1 heterocycles. The van der Waals surface area contributed by atoms with E-state index in [0.717, 1.165) is 0 Å². The standard InChI is InChI=1S/C14H18FN3O2S/c1-3-18(12-6-4-5-11(15)7-12)21(19,20)14-8-13(9-16)17(2)10-14/h4-8,10H,3,9,16H2,1-2H3. The smallest absolute Gasteiger partial charge is 0.265 e. The van der Waals surface area contributed by atoms with E-state index in [1.54, 1.807) is 24.6 Å². The van der Waals surface area contributed by atoms with E-state index in [9.17, 15) is 12.8 Å². The van der Waals surface area contributed by atoms with Crippen LogP contribution in [-0.4, -0.2) is 19.5 Å². The van der Waals surface area contributed by atoms with E-state index in [1.165, 1.54) is 34.8 Å². The van der Waals surface area contributed by atoms with E-state index in [1.807, 2.05) is 0 Å². The summed E-state index contributed by atoms with van der Waals surface area (Å²) in [5, 5.41) is 0. The second-order valence-corrected chi connectivity index (χ2v) is 6.49. The van der Waals surface area contributed by atoms with Crippen LogP contribution in [0.25, 0.3) is 0 Å². The van der Waals surface area contributed by atoms with E-state index < -0.39 is 15.8 Å². The molecule has 5 nitrogen and oxygen atoms in total. The van der Waals surface area contributed by atoms with Gasteiger partial charge in [0.15, 0.2) is 0 Å². The van der Waals surface area contributed by atoms with Crippen molar-refractivity contribution in [3.8, 4) is 0 Å². The summed E-state index contributed by atoms with van der Waals surface area (Å²) in [6.45, 7) is 2.16. The predicted molar refractivity (Wildman–Crippen MR) is 79.9 cm³/mol. The molecule has 0 unspecified atom stereocenters. The van der Waals surface area contributed by atoms with E-state index in [2.05, 4.69) is 0 Å². The number of rotatable bonds is 5. The van der Waals surface area contributed by atoms with Crippen molar-refractivity contribution in [1.29, 1.82) is 0 Å². The van der Waals surface area contributed by atoms with Crippen LogP contribution in [0.15, 0.2) is 41.4 Å². The van der Waals surface area contributed by atoms with Gasteiger partial charge in [0.1, 0.15) is 10.7 Å². The largest absolute Gasteiger partial charge is 0.352 e. The van der Waals surface area contributed by atoms with Crippen LogP contribution in [0.4, 0.5) is 10.1 Å². The third kappa shape index (κ3) is 2.93. The Kier molecular flexibility index (Phi) is 4.34. The minimum absolute atomic E-state index is 0.150. The van der Waals surface area contributed by atoms with E-state index in [4.69, 9.17) is 5.73 Å². The molecule has 2 aromatic rings. The van der Waals surface area contributed by atoms with Gasteiger partial charge in [0.2, 0.25) is 0 Å². The van der Waals surface area contributed by atoms with Gasteiger partial charge in [0.05, 0.1) is 5.69 Å². The molecule has 0 atom stereocenters. The van der Waals surface area contributed by atoms with Gasteiger partial charge in [0, 0.05) is 32.0 Å². The zero-order chi connectivity index (χ0) is 15.6. The Hall–Kier alpha value is -1.86. The van der Waals surface area contributed by atoms with Crippen LogP contribution in [0.3, 0.4) is 0 Å². The molecule has 0 radical (unpaired) electrons. The van der Waals surface area contributed by atoms with Crippen LogP contribution in [0.1, 0.15) is 12.6 Å². The zero-order valence-electron chi connectivity index (χ0n) is 12.0. The fourth-order valence-electron chi connectivity index (χ4n) is 2.17. The first-order valence-electron chi connectivity index (χ1n) is 6.53. The third-order valence-electron chi connectivity index (χ3n) is 3.26. The number of nitrogens with zero attached hydrogens (tertiary/aromatic N) is 2. The molecule has 0 saturated heterocycles. The Morgan fingerprint density at radius 3 is 2.57 bits per heavy atom. The number of halogens is 1. The van der Waals surface area contributed by atoms with Gasteiger partial charge in [-0.1, -0.05) is 6.07 Å². The van der Waals surface area contributed by atoms with Crippen LogP contribution < -0.4 is 10.0 Å².